The Hall–Kier alpha value is -2.97. The second-order valence-corrected chi connectivity index (χ2v) is 7.15. The number of ether oxygens (including phenoxy) is 1. The van der Waals surface area contributed by atoms with E-state index in [1.165, 1.54) is 12.4 Å². The van der Waals surface area contributed by atoms with Gasteiger partial charge in [0.1, 0.15) is 24.0 Å². The van der Waals surface area contributed by atoms with Crippen molar-refractivity contribution in [3.8, 4) is 0 Å². The topological polar surface area (TPSA) is 83.5 Å². The maximum absolute atomic E-state index is 14.5. The van der Waals surface area contributed by atoms with Gasteiger partial charge in [-0.05, 0) is 30.3 Å². The highest BCUT2D eigenvalue weighted by Crippen LogP contribution is 2.30. The second kappa shape index (κ2) is 8.18. The lowest BCUT2D eigenvalue weighted by atomic mass is 10.00. The fourth-order valence-corrected chi connectivity index (χ4v) is 3.67. The molecule has 2 heterocycles. The SMILES string of the molecule is [O-][N+]1=C(c2ccccc2F)c2cc(Cl)ccc2N=C(C2CN(C=NO)CCO2)C1. The molecule has 2 aromatic rings. The number of rotatable bonds is 3. The Bertz CT molecular complexity index is 1020. The van der Waals surface area contributed by atoms with Gasteiger partial charge >= 0.3 is 0 Å². The van der Waals surface area contributed by atoms with Gasteiger partial charge in [0.05, 0.1) is 30.0 Å². The summed E-state index contributed by atoms with van der Waals surface area (Å²) in [6, 6.07) is 11.1. The summed E-state index contributed by atoms with van der Waals surface area (Å²) in [5.41, 5.74) is 1.82. The second-order valence-electron chi connectivity index (χ2n) is 6.71. The molecule has 0 amide bonds. The molecule has 150 valence electrons. The molecule has 1 atom stereocenters. The molecule has 0 aromatic heterocycles. The quantitative estimate of drug-likeness (QED) is 0.208. The number of morpholine rings is 1. The fourth-order valence-electron chi connectivity index (χ4n) is 3.50. The summed E-state index contributed by atoms with van der Waals surface area (Å²) in [6.07, 6.45) is 0.841. The van der Waals surface area contributed by atoms with Crippen LogP contribution in [0.15, 0.2) is 52.6 Å². The van der Waals surface area contributed by atoms with Crippen LogP contribution in [0.5, 0.6) is 0 Å². The Morgan fingerprint density at radius 3 is 2.93 bits per heavy atom. The van der Waals surface area contributed by atoms with Crippen molar-refractivity contribution in [1.82, 2.24) is 4.90 Å². The standard InChI is InChI=1S/C20H18ClFN4O3/c21-13-5-6-17-15(9-13)20(14-3-1-2-4-16(14)22)26(28)10-18(24-17)19-11-25(12-23-27)7-8-29-19/h1-6,9,12,19,27H,7-8,10-11H2. The number of aliphatic imine (C=N–C) groups is 1. The van der Waals surface area contributed by atoms with Gasteiger partial charge in [-0.3, -0.25) is 0 Å². The fraction of sp³-hybridized carbons (Fsp3) is 0.250. The average molecular weight is 417 g/mol. The summed E-state index contributed by atoms with van der Waals surface area (Å²) < 4.78 is 21.1. The van der Waals surface area contributed by atoms with Crippen molar-refractivity contribution in [3.05, 3.63) is 69.6 Å². The van der Waals surface area contributed by atoms with Crippen molar-refractivity contribution in [2.45, 2.75) is 6.10 Å². The van der Waals surface area contributed by atoms with E-state index in [9.17, 15) is 9.60 Å². The molecule has 1 N–H and O–H groups in total. The molecule has 1 saturated heterocycles. The molecule has 0 bridgehead atoms. The highest BCUT2D eigenvalue weighted by Gasteiger charge is 2.32. The van der Waals surface area contributed by atoms with E-state index in [1.54, 1.807) is 41.3 Å². The van der Waals surface area contributed by atoms with Gasteiger partial charge in [0, 0.05) is 11.6 Å². The van der Waals surface area contributed by atoms with Crippen molar-refractivity contribution < 1.29 is 19.1 Å². The van der Waals surface area contributed by atoms with Gasteiger partial charge in [0.25, 0.3) is 0 Å². The van der Waals surface area contributed by atoms with E-state index < -0.39 is 11.9 Å². The molecule has 0 spiro atoms. The molecule has 2 aliphatic rings. The largest absolute Gasteiger partial charge is 0.623 e. The number of benzene rings is 2. The molecule has 2 aliphatic heterocycles. The summed E-state index contributed by atoms with van der Waals surface area (Å²) >= 11 is 6.16. The van der Waals surface area contributed by atoms with E-state index in [0.717, 1.165) is 4.74 Å². The summed E-state index contributed by atoms with van der Waals surface area (Å²) in [4.78, 5) is 6.45. The predicted octanol–water partition coefficient (Wildman–Crippen LogP) is 3.03. The van der Waals surface area contributed by atoms with Crippen molar-refractivity contribution in [1.29, 1.82) is 0 Å². The van der Waals surface area contributed by atoms with Crippen molar-refractivity contribution in [3.63, 3.8) is 0 Å². The molecule has 4 rings (SSSR count). The molecule has 1 fully saturated rings. The Balaban J connectivity index is 1.81. The lowest BCUT2D eigenvalue weighted by molar-refractivity contribution is -0.439. The van der Waals surface area contributed by atoms with Crippen molar-refractivity contribution in [2.75, 3.05) is 26.2 Å². The summed E-state index contributed by atoms with van der Waals surface area (Å²) in [5, 5.41) is 25.4. The number of nitrogens with zero attached hydrogens (tertiary/aromatic N) is 4. The van der Waals surface area contributed by atoms with Crippen LogP contribution in [0.25, 0.3) is 0 Å². The molecule has 1 unspecified atom stereocenters. The minimum Gasteiger partial charge on any atom is -0.623 e. The zero-order chi connectivity index (χ0) is 20.4. The molecular formula is C20H18ClFN4O3. The van der Waals surface area contributed by atoms with E-state index >= 15 is 0 Å². The van der Waals surface area contributed by atoms with Crippen molar-refractivity contribution in [2.24, 2.45) is 10.1 Å². The van der Waals surface area contributed by atoms with Crippen molar-refractivity contribution >= 4 is 35.1 Å². The molecule has 9 heteroatoms. The first-order chi connectivity index (χ1) is 14.1. The molecule has 0 saturated carbocycles. The molecular weight excluding hydrogens is 399 g/mol. The number of hydrogen-bond acceptors (Lipinski definition) is 5. The highest BCUT2D eigenvalue weighted by atomic mass is 35.5. The van der Waals surface area contributed by atoms with Crippen LogP contribution in [0.3, 0.4) is 0 Å². The number of halogens is 2. The zero-order valence-corrected chi connectivity index (χ0v) is 16.1. The number of oxime groups is 1. The summed E-state index contributed by atoms with van der Waals surface area (Å²) in [7, 11) is 0. The van der Waals surface area contributed by atoms with Gasteiger partial charge in [-0.2, -0.15) is 4.74 Å². The Morgan fingerprint density at radius 1 is 1.31 bits per heavy atom. The highest BCUT2D eigenvalue weighted by molar-refractivity contribution is 6.31. The molecule has 0 radical (unpaired) electrons. The Labute approximate surface area is 171 Å². The van der Waals surface area contributed by atoms with Gasteiger partial charge < -0.3 is 20.1 Å². The Morgan fingerprint density at radius 2 is 2.14 bits per heavy atom. The molecule has 7 nitrogen and oxygen atoms in total. The van der Waals surface area contributed by atoms with Crippen LogP contribution in [0.2, 0.25) is 5.02 Å². The van der Waals surface area contributed by atoms with E-state index in [-0.39, 0.29) is 17.8 Å². The Kier molecular flexibility index (Phi) is 5.46. The minimum atomic E-state index is -0.503. The lowest BCUT2D eigenvalue weighted by Gasteiger charge is -2.31. The third kappa shape index (κ3) is 3.94. The first-order valence-corrected chi connectivity index (χ1v) is 9.41. The van der Waals surface area contributed by atoms with E-state index in [1.807, 2.05) is 0 Å². The van der Waals surface area contributed by atoms with Gasteiger partial charge in [-0.1, -0.05) is 28.9 Å². The van der Waals surface area contributed by atoms with Crippen LogP contribution >= 0.6 is 11.6 Å². The summed E-state index contributed by atoms with van der Waals surface area (Å²) in [6.45, 7) is 1.25. The predicted molar refractivity (Wildman–Crippen MR) is 108 cm³/mol. The number of hydroxylamine groups is 1. The van der Waals surface area contributed by atoms with Crippen LogP contribution in [-0.2, 0) is 4.74 Å². The number of fused-ring (bicyclic) bond motifs is 1. The third-order valence-corrected chi connectivity index (χ3v) is 5.08. The maximum atomic E-state index is 14.5. The van der Waals surface area contributed by atoms with Crippen LogP contribution in [0.1, 0.15) is 11.1 Å². The van der Waals surface area contributed by atoms with E-state index in [0.29, 0.717) is 41.7 Å². The minimum absolute atomic E-state index is 0.0925. The maximum Gasteiger partial charge on any atom is 0.231 e. The van der Waals surface area contributed by atoms with Gasteiger partial charge in [0.15, 0.2) is 6.54 Å². The van der Waals surface area contributed by atoms with Crippen LogP contribution in [0.4, 0.5) is 10.1 Å². The smallest absolute Gasteiger partial charge is 0.231 e. The van der Waals surface area contributed by atoms with Gasteiger partial charge in [-0.15, -0.1) is 0 Å². The van der Waals surface area contributed by atoms with Crippen LogP contribution < -0.4 is 0 Å². The molecule has 0 aliphatic carbocycles. The molecule has 29 heavy (non-hydrogen) atoms. The third-order valence-electron chi connectivity index (χ3n) is 4.85. The first kappa shape index (κ1) is 19.4. The van der Waals surface area contributed by atoms with Gasteiger partial charge in [-0.25, -0.2) is 9.38 Å². The van der Waals surface area contributed by atoms with Crippen LogP contribution in [0, 0.1) is 11.0 Å². The normalized spacial score (nSPS) is 19.9. The van der Waals surface area contributed by atoms with Crippen LogP contribution in [-0.4, -0.2) is 65.0 Å². The summed E-state index contributed by atoms with van der Waals surface area (Å²) in [5.74, 6) is -0.503. The van der Waals surface area contributed by atoms with Gasteiger partial charge in [0.2, 0.25) is 5.71 Å². The first-order valence-electron chi connectivity index (χ1n) is 9.04. The lowest BCUT2D eigenvalue weighted by Crippen LogP contribution is -2.47. The average Bonchev–Trinajstić information content (AvgIpc) is 2.85. The number of hydrogen-bond donors (Lipinski definition) is 1. The molecule has 2 aromatic carbocycles. The van der Waals surface area contributed by atoms with E-state index in [2.05, 4.69) is 10.1 Å². The monoisotopic (exact) mass is 416 g/mol. The zero-order valence-electron chi connectivity index (χ0n) is 15.3. The van der Waals surface area contributed by atoms with E-state index in [4.69, 9.17) is 21.5 Å².